The lowest BCUT2D eigenvalue weighted by Crippen LogP contribution is -2.36. The van der Waals surface area contributed by atoms with Crippen LogP contribution in [0.3, 0.4) is 0 Å². The molecule has 0 N–H and O–H groups in total. The molecule has 1 aromatic heterocycles. The molecule has 0 unspecified atom stereocenters. The van der Waals surface area contributed by atoms with Gasteiger partial charge in [-0.05, 0) is 54.3 Å². The van der Waals surface area contributed by atoms with Crippen LogP contribution in [-0.2, 0) is 19.7 Å². The molecule has 0 spiro atoms. The zero-order chi connectivity index (χ0) is 18.8. The number of hydrogen-bond donors (Lipinski definition) is 0. The van der Waals surface area contributed by atoms with Gasteiger partial charge in [0, 0.05) is 24.3 Å². The van der Waals surface area contributed by atoms with Crippen molar-refractivity contribution in [2.75, 3.05) is 6.54 Å². The third-order valence-electron chi connectivity index (χ3n) is 4.77. The second kappa shape index (κ2) is 7.45. The van der Waals surface area contributed by atoms with Crippen molar-refractivity contribution in [1.29, 1.82) is 0 Å². The molecule has 2 heterocycles. The average Bonchev–Trinajstić information content (AvgIpc) is 3.17. The maximum absolute atomic E-state index is 12.8. The Morgan fingerprint density at radius 3 is 2.81 bits per heavy atom. The van der Waals surface area contributed by atoms with E-state index in [1.54, 1.807) is 23.0 Å². The molecular weight excluding hydrogens is 362 g/mol. The largest absolute Gasteiger partial charge is 0.471 e. The van der Waals surface area contributed by atoms with Crippen molar-refractivity contribution in [3.8, 4) is 5.75 Å². The monoisotopic (exact) mass is 381 g/mol. The minimum absolute atomic E-state index is 0.0504. The number of amides is 1. The number of aromatic nitrogens is 2. The smallest absolute Gasteiger partial charge is 0.274 e. The first-order valence-electron chi connectivity index (χ1n) is 8.88. The van der Waals surface area contributed by atoms with Crippen molar-refractivity contribution in [3.63, 3.8) is 0 Å². The highest BCUT2D eigenvalue weighted by Crippen LogP contribution is 2.22. The van der Waals surface area contributed by atoms with Gasteiger partial charge in [-0.2, -0.15) is 5.10 Å². The van der Waals surface area contributed by atoms with Crippen LogP contribution in [0.4, 0.5) is 0 Å². The Bertz CT molecular complexity index is 983. The quantitative estimate of drug-likeness (QED) is 0.684. The summed E-state index contributed by atoms with van der Waals surface area (Å²) in [6.07, 6.45) is 2.63. The maximum atomic E-state index is 12.8. The van der Waals surface area contributed by atoms with Crippen LogP contribution in [0.15, 0.2) is 54.7 Å². The third kappa shape index (κ3) is 3.83. The Morgan fingerprint density at radius 2 is 2.00 bits per heavy atom. The van der Waals surface area contributed by atoms with E-state index in [0.717, 1.165) is 12.0 Å². The summed E-state index contributed by atoms with van der Waals surface area (Å²) in [6, 6.07) is 15.5. The summed E-state index contributed by atoms with van der Waals surface area (Å²) in [5, 5.41) is 5.08. The zero-order valence-corrected chi connectivity index (χ0v) is 15.8. The fraction of sp³-hybridized carbons (Fsp3) is 0.238. The molecule has 0 saturated carbocycles. The first-order valence-corrected chi connectivity index (χ1v) is 9.26. The molecule has 0 saturated heterocycles. The Kier molecular flexibility index (Phi) is 4.86. The van der Waals surface area contributed by atoms with Crippen molar-refractivity contribution < 1.29 is 9.53 Å². The fourth-order valence-corrected chi connectivity index (χ4v) is 3.34. The van der Waals surface area contributed by atoms with Crippen molar-refractivity contribution in [2.24, 2.45) is 0 Å². The summed E-state index contributed by atoms with van der Waals surface area (Å²) in [5.74, 6) is 0.665. The number of rotatable bonds is 4. The van der Waals surface area contributed by atoms with Gasteiger partial charge in [-0.3, -0.25) is 4.79 Å². The number of ether oxygens (including phenoxy) is 1. The Morgan fingerprint density at radius 1 is 1.19 bits per heavy atom. The highest BCUT2D eigenvalue weighted by molar-refractivity contribution is 6.31. The van der Waals surface area contributed by atoms with Crippen molar-refractivity contribution >= 4 is 17.5 Å². The van der Waals surface area contributed by atoms with Gasteiger partial charge in [0.25, 0.3) is 5.91 Å². The Hall–Kier alpha value is -2.79. The fourth-order valence-electron chi connectivity index (χ4n) is 3.23. The van der Waals surface area contributed by atoms with Gasteiger partial charge < -0.3 is 9.64 Å². The van der Waals surface area contributed by atoms with E-state index in [-0.39, 0.29) is 12.6 Å². The first-order chi connectivity index (χ1) is 13.1. The van der Waals surface area contributed by atoms with Crippen LogP contribution in [0.25, 0.3) is 0 Å². The molecule has 27 heavy (non-hydrogen) atoms. The summed E-state index contributed by atoms with van der Waals surface area (Å²) < 4.78 is 7.35. The predicted octanol–water partition coefficient (Wildman–Crippen LogP) is 4.08. The molecule has 4 rings (SSSR count). The highest BCUT2D eigenvalue weighted by Gasteiger charge is 2.23. The Balaban J connectivity index is 1.40. The number of nitrogens with zero attached hydrogens (tertiary/aromatic N) is 3. The third-order valence-corrected chi connectivity index (χ3v) is 5.19. The molecule has 3 aromatic rings. The molecule has 0 bridgehead atoms. The van der Waals surface area contributed by atoms with Gasteiger partial charge in [0.05, 0.1) is 0 Å². The molecule has 138 valence electrons. The van der Waals surface area contributed by atoms with Crippen LogP contribution in [0.5, 0.6) is 5.75 Å². The summed E-state index contributed by atoms with van der Waals surface area (Å²) in [4.78, 5) is 14.6. The van der Waals surface area contributed by atoms with Crippen LogP contribution >= 0.6 is 11.6 Å². The van der Waals surface area contributed by atoms with Crippen molar-refractivity contribution in [1.82, 2.24) is 14.7 Å². The van der Waals surface area contributed by atoms with Gasteiger partial charge in [-0.1, -0.05) is 35.9 Å². The number of fused-ring (bicyclic) bond motifs is 1. The minimum atomic E-state index is -0.0504. The SMILES string of the molecule is Cc1cc(OCn2ccc(C(=O)N3CCc4ccccc4C3)n2)ccc1Cl. The van der Waals surface area contributed by atoms with E-state index in [9.17, 15) is 4.79 Å². The van der Waals surface area contributed by atoms with Crippen LogP contribution in [-0.4, -0.2) is 27.1 Å². The molecule has 0 radical (unpaired) electrons. The van der Waals surface area contributed by atoms with E-state index in [1.165, 1.54) is 11.1 Å². The second-order valence-electron chi connectivity index (χ2n) is 6.67. The highest BCUT2D eigenvalue weighted by atomic mass is 35.5. The van der Waals surface area contributed by atoms with E-state index < -0.39 is 0 Å². The standard InChI is InChI=1S/C21H20ClN3O2/c1-15-12-18(6-7-19(15)22)27-14-25-11-9-20(23-25)21(26)24-10-8-16-4-2-3-5-17(16)13-24/h2-7,9,11-12H,8,10,13-14H2,1H3. The van der Waals surface area contributed by atoms with E-state index >= 15 is 0 Å². The van der Waals surface area contributed by atoms with Gasteiger partial charge in [0.1, 0.15) is 5.75 Å². The number of halogens is 1. The zero-order valence-electron chi connectivity index (χ0n) is 15.1. The van der Waals surface area contributed by atoms with Crippen LogP contribution in [0.1, 0.15) is 27.2 Å². The number of aryl methyl sites for hydroxylation is 1. The number of carbonyl (C=O) groups excluding carboxylic acids is 1. The second-order valence-corrected chi connectivity index (χ2v) is 7.08. The van der Waals surface area contributed by atoms with E-state index in [4.69, 9.17) is 16.3 Å². The summed E-state index contributed by atoms with van der Waals surface area (Å²) in [7, 11) is 0. The van der Waals surface area contributed by atoms with E-state index in [1.807, 2.05) is 36.1 Å². The molecule has 0 aliphatic carbocycles. The topological polar surface area (TPSA) is 47.4 Å². The summed E-state index contributed by atoms with van der Waals surface area (Å²) >= 11 is 6.03. The summed E-state index contributed by atoms with van der Waals surface area (Å²) in [5.41, 5.74) is 3.91. The molecule has 6 heteroatoms. The lowest BCUT2D eigenvalue weighted by Gasteiger charge is -2.28. The normalized spacial score (nSPS) is 13.3. The number of benzene rings is 2. The maximum Gasteiger partial charge on any atom is 0.274 e. The average molecular weight is 382 g/mol. The first kappa shape index (κ1) is 17.6. The van der Waals surface area contributed by atoms with E-state index in [0.29, 0.717) is 29.6 Å². The van der Waals surface area contributed by atoms with Gasteiger partial charge in [0.15, 0.2) is 12.4 Å². The molecule has 1 amide bonds. The van der Waals surface area contributed by atoms with Crippen LogP contribution in [0.2, 0.25) is 5.02 Å². The van der Waals surface area contributed by atoms with Gasteiger partial charge >= 0.3 is 0 Å². The predicted molar refractivity (Wildman–Crippen MR) is 104 cm³/mol. The molecule has 5 nitrogen and oxygen atoms in total. The van der Waals surface area contributed by atoms with Crippen LogP contribution < -0.4 is 4.74 Å². The Labute approximate surface area is 163 Å². The van der Waals surface area contributed by atoms with Gasteiger partial charge in [-0.15, -0.1) is 0 Å². The molecule has 1 aliphatic heterocycles. The number of hydrogen-bond acceptors (Lipinski definition) is 3. The molecule has 2 aromatic carbocycles. The molecule has 0 fully saturated rings. The number of carbonyl (C=O) groups is 1. The lowest BCUT2D eigenvalue weighted by atomic mass is 10.00. The lowest BCUT2D eigenvalue weighted by molar-refractivity contribution is 0.0726. The van der Waals surface area contributed by atoms with Gasteiger partial charge in [-0.25, -0.2) is 4.68 Å². The van der Waals surface area contributed by atoms with Gasteiger partial charge in [0.2, 0.25) is 0 Å². The molecule has 0 atom stereocenters. The minimum Gasteiger partial charge on any atom is -0.471 e. The molecular formula is C21H20ClN3O2. The van der Waals surface area contributed by atoms with Crippen molar-refractivity contribution in [2.45, 2.75) is 26.6 Å². The summed E-state index contributed by atoms with van der Waals surface area (Å²) in [6.45, 7) is 3.50. The van der Waals surface area contributed by atoms with E-state index in [2.05, 4.69) is 17.2 Å². The molecule has 1 aliphatic rings. The van der Waals surface area contributed by atoms with Crippen LogP contribution in [0, 0.1) is 6.92 Å². The van der Waals surface area contributed by atoms with Crippen molar-refractivity contribution in [3.05, 3.63) is 82.1 Å².